The normalized spacial score (nSPS) is 28.7. The average Bonchev–Trinajstić information content (AvgIpc) is 2.84. The Balaban J connectivity index is 1.49. The lowest BCUT2D eigenvalue weighted by Gasteiger charge is -2.40. The Hall–Kier alpha value is -1.95. The molecule has 0 radical (unpaired) electrons. The summed E-state index contributed by atoms with van der Waals surface area (Å²) in [5.41, 5.74) is 2.37. The van der Waals surface area contributed by atoms with E-state index in [9.17, 15) is 25.5 Å². The number of halogens is 1. The van der Waals surface area contributed by atoms with Gasteiger partial charge in [0, 0.05) is 10.6 Å². The lowest BCUT2D eigenvalue weighted by atomic mass is 9.85. The molecule has 5 atom stereocenters. The van der Waals surface area contributed by atoms with E-state index in [0.29, 0.717) is 17.0 Å². The molecule has 1 saturated heterocycles. The second kappa shape index (κ2) is 10.8. The van der Waals surface area contributed by atoms with Gasteiger partial charge in [0.05, 0.1) is 6.61 Å². The molecule has 0 bridgehead atoms. The minimum absolute atomic E-state index is 0.478. The summed E-state index contributed by atoms with van der Waals surface area (Å²) in [7, 11) is 0. The molecular formula is C27H31ClO6. The highest BCUT2D eigenvalue weighted by atomic mass is 35.5. The first-order valence-electron chi connectivity index (χ1n) is 11.7. The first-order valence-corrected chi connectivity index (χ1v) is 12.1. The van der Waals surface area contributed by atoms with Gasteiger partial charge >= 0.3 is 0 Å². The predicted molar refractivity (Wildman–Crippen MR) is 128 cm³/mol. The Morgan fingerprint density at radius 2 is 1.65 bits per heavy atom. The van der Waals surface area contributed by atoms with E-state index in [2.05, 4.69) is 11.8 Å². The molecule has 4 rings (SSSR count). The summed E-state index contributed by atoms with van der Waals surface area (Å²) in [4.78, 5) is 0. The number of aliphatic hydroxyl groups is 5. The van der Waals surface area contributed by atoms with Gasteiger partial charge in [-0.25, -0.2) is 0 Å². The SMILES string of the molecule is OC[C@H]1O[C@@H](c2ccc(Cl)c(Cc3ccc(C#CC4(O)CCCCC4)cc3)c2)[C@H](O)[C@@H](O)[C@@H]1O. The second-order valence-electron chi connectivity index (χ2n) is 9.32. The quantitative estimate of drug-likeness (QED) is 0.425. The number of hydrogen-bond donors (Lipinski definition) is 5. The van der Waals surface area contributed by atoms with Gasteiger partial charge in [-0.05, 0) is 67.0 Å². The summed E-state index contributed by atoms with van der Waals surface area (Å²) in [5, 5.41) is 51.1. The van der Waals surface area contributed by atoms with Crippen LogP contribution in [0, 0.1) is 11.8 Å². The Kier molecular flexibility index (Phi) is 7.96. The van der Waals surface area contributed by atoms with Crippen molar-refractivity contribution in [3.63, 3.8) is 0 Å². The fourth-order valence-corrected chi connectivity index (χ4v) is 4.84. The summed E-state index contributed by atoms with van der Waals surface area (Å²) in [6, 6.07) is 13.0. The highest BCUT2D eigenvalue weighted by Gasteiger charge is 2.44. The molecule has 2 aromatic rings. The molecule has 2 fully saturated rings. The van der Waals surface area contributed by atoms with Crippen molar-refractivity contribution in [1.29, 1.82) is 0 Å². The number of aliphatic hydroxyl groups excluding tert-OH is 4. The van der Waals surface area contributed by atoms with E-state index < -0.39 is 42.7 Å². The van der Waals surface area contributed by atoms with E-state index in [1.54, 1.807) is 18.2 Å². The summed E-state index contributed by atoms with van der Waals surface area (Å²) in [6.07, 6.45) is -0.913. The van der Waals surface area contributed by atoms with Crippen LogP contribution in [0.5, 0.6) is 0 Å². The lowest BCUT2D eigenvalue weighted by Crippen LogP contribution is -2.55. The average molecular weight is 487 g/mol. The van der Waals surface area contributed by atoms with E-state index in [-0.39, 0.29) is 0 Å². The van der Waals surface area contributed by atoms with Crippen LogP contribution in [-0.4, -0.2) is 62.2 Å². The zero-order chi connectivity index (χ0) is 24.3. The van der Waals surface area contributed by atoms with Gasteiger partial charge in [-0.1, -0.05) is 54.1 Å². The van der Waals surface area contributed by atoms with Gasteiger partial charge in [0.1, 0.15) is 36.1 Å². The van der Waals surface area contributed by atoms with Crippen LogP contribution in [0.2, 0.25) is 5.02 Å². The van der Waals surface area contributed by atoms with Crippen molar-refractivity contribution in [2.24, 2.45) is 0 Å². The van der Waals surface area contributed by atoms with Crippen molar-refractivity contribution in [3.8, 4) is 11.8 Å². The fraction of sp³-hybridized carbons (Fsp3) is 0.481. The first-order chi connectivity index (χ1) is 16.3. The van der Waals surface area contributed by atoms with Crippen LogP contribution in [0.25, 0.3) is 0 Å². The Bertz CT molecular complexity index is 1040. The molecule has 0 unspecified atom stereocenters. The molecule has 1 saturated carbocycles. The smallest absolute Gasteiger partial charge is 0.125 e. The molecule has 7 heteroatoms. The third-order valence-electron chi connectivity index (χ3n) is 6.76. The summed E-state index contributed by atoms with van der Waals surface area (Å²) in [5.74, 6) is 6.14. The molecular weight excluding hydrogens is 456 g/mol. The van der Waals surface area contributed by atoms with Crippen LogP contribution < -0.4 is 0 Å². The van der Waals surface area contributed by atoms with Crippen molar-refractivity contribution in [1.82, 2.24) is 0 Å². The monoisotopic (exact) mass is 486 g/mol. The minimum atomic E-state index is -1.43. The van der Waals surface area contributed by atoms with Crippen LogP contribution in [0.3, 0.4) is 0 Å². The topological polar surface area (TPSA) is 110 Å². The maximum absolute atomic E-state index is 10.6. The third-order valence-corrected chi connectivity index (χ3v) is 7.13. The highest BCUT2D eigenvalue weighted by molar-refractivity contribution is 6.31. The number of rotatable bonds is 4. The van der Waals surface area contributed by atoms with Crippen LogP contribution in [-0.2, 0) is 11.2 Å². The fourth-order valence-electron chi connectivity index (χ4n) is 4.66. The van der Waals surface area contributed by atoms with Gasteiger partial charge in [-0.3, -0.25) is 0 Å². The Morgan fingerprint density at radius 1 is 0.941 bits per heavy atom. The van der Waals surface area contributed by atoms with Gasteiger partial charge in [0.15, 0.2) is 0 Å². The Morgan fingerprint density at radius 3 is 2.32 bits per heavy atom. The largest absolute Gasteiger partial charge is 0.394 e. The minimum Gasteiger partial charge on any atom is -0.394 e. The molecule has 6 nitrogen and oxygen atoms in total. The third kappa shape index (κ3) is 5.64. The lowest BCUT2D eigenvalue weighted by molar-refractivity contribution is -0.231. The molecule has 5 N–H and O–H groups in total. The van der Waals surface area contributed by atoms with Crippen molar-refractivity contribution >= 4 is 11.6 Å². The van der Waals surface area contributed by atoms with E-state index in [1.165, 1.54) is 0 Å². The number of ether oxygens (including phenoxy) is 1. The van der Waals surface area contributed by atoms with Crippen LogP contribution >= 0.6 is 11.6 Å². The highest BCUT2D eigenvalue weighted by Crippen LogP contribution is 2.34. The van der Waals surface area contributed by atoms with Crippen LogP contribution in [0.15, 0.2) is 42.5 Å². The molecule has 0 spiro atoms. The molecule has 0 amide bonds. The molecule has 34 heavy (non-hydrogen) atoms. The van der Waals surface area contributed by atoms with Crippen molar-refractivity contribution in [2.45, 2.75) is 74.6 Å². The molecule has 1 heterocycles. The summed E-state index contributed by atoms with van der Waals surface area (Å²) in [6.45, 7) is -0.478. The number of benzene rings is 2. The molecule has 2 aromatic carbocycles. The van der Waals surface area contributed by atoms with Gasteiger partial charge in [0.25, 0.3) is 0 Å². The second-order valence-corrected chi connectivity index (χ2v) is 9.72. The zero-order valence-electron chi connectivity index (χ0n) is 18.9. The molecule has 182 valence electrons. The maximum atomic E-state index is 10.6. The summed E-state index contributed by atoms with van der Waals surface area (Å²) < 4.78 is 5.67. The zero-order valence-corrected chi connectivity index (χ0v) is 19.7. The van der Waals surface area contributed by atoms with Gasteiger partial charge in [-0.15, -0.1) is 0 Å². The van der Waals surface area contributed by atoms with Crippen LogP contribution in [0.4, 0.5) is 0 Å². The maximum Gasteiger partial charge on any atom is 0.125 e. The Labute approximate surface area is 204 Å². The molecule has 2 aliphatic rings. The van der Waals surface area contributed by atoms with Crippen molar-refractivity contribution in [3.05, 3.63) is 69.7 Å². The number of hydrogen-bond acceptors (Lipinski definition) is 6. The van der Waals surface area contributed by atoms with Crippen molar-refractivity contribution in [2.75, 3.05) is 6.61 Å². The first kappa shape index (κ1) is 25.2. The van der Waals surface area contributed by atoms with E-state index in [4.69, 9.17) is 16.3 Å². The van der Waals surface area contributed by atoms with Gasteiger partial charge < -0.3 is 30.3 Å². The van der Waals surface area contributed by atoms with Gasteiger partial charge in [0.2, 0.25) is 0 Å². The predicted octanol–water partition coefficient (Wildman–Crippen LogP) is 2.49. The molecule has 0 aromatic heterocycles. The molecule has 1 aliphatic carbocycles. The van der Waals surface area contributed by atoms with E-state index in [0.717, 1.165) is 48.8 Å². The van der Waals surface area contributed by atoms with Crippen LogP contribution in [0.1, 0.15) is 60.5 Å². The van der Waals surface area contributed by atoms with Crippen molar-refractivity contribution < 1.29 is 30.3 Å². The molecule has 1 aliphatic heterocycles. The summed E-state index contributed by atoms with van der Waals surface area (Å²) >= 11 is 6.43. The van der Waals surface area contributed by atoms with E-state index >= 15 is 0 Å². The van der Waals surface area contributed by atoms with E-state index in [1.807, 2.05) is 24.3 Å². The van der Waals surface area contributed by atoms with Gasteiger partial charge in [-0.2, -0.15) is 0 Å². The standard InChI is InChI=1S/C27H31ClO6/c28-21-9-8-19(26-25(32)24(31)23(30)22(16-29)34-26)15-20(21)14-18-6-4-17(5-7-18)10-13-27(33)11-2-1-3-12-27/h4-9,15,22-26,29-33H,1-3,11-12,14,16H2/t22-,23-,24+,25-,26+/m1/s1.